The van der Waals surface area contributed by atoms with Gasteiger partial charge in [-0.25, -0.2) is 4.79 Å². The number of piperidine rings is 1. The fraction of sp³-hybridized carbons (Fsp3) is 0.722. The molecule has 0 saturated carbocycles. The van der Waals surface area contributed by atoms with E-state index >= 15 is 0 Å². The van der Waals surface area contributed by atoms with Gasteiger partial charge in [-0.2, -0.15) is 0 Å². The Balaban J connectivity index is 1.78. The first-order chi connectivity index (χ1) is 12.0. The standard InChI is InChI=1S/C18H28N4O3/c1-19-15(12-16(23)20(2)18(19)25)22-11-7-8-14(13-22)17(24)21-9-5-3-4-6-10-21/h12,14H,3-11,13H2,1-2H3. The van der Waals surface area contributed by atoms with Crippen LogP contribution in [0.1, 0.15) is 38.5 Å². The van der Waals surface area contributed by atoms with E-state index in [4.69, 9.17) is 0 Å². The summed E-state index contributed by atoms with van der Waals surface area (Å²) in [4.78, 5) is 41.1. The number of amides is 1. The van der Waals surface area contributed by atoms with E-state index in [9.17, 15) is 14.4 Å². The average molecular weight is 348 g/mol. The summed E-state index contributed by atoms with van der Waals surface area (Å²) in [5.41, 5.74) is -0.637. The van der Waals surface area contributed by atoms with Crippen LogP contribution in [-0.2, 0) is 18.9 Å². The van der Waals surface area contributed by atoms with Crippen molar-refractivity contribution in [3.8, 4) is 0 Å². The van der Waals surface area contributed by atoms with Gasteiger partial charge in [-0.05, 0) is 25.7 Å². The molecule has 1 aromatic rings. The fourth-order valence-corrected chi connectivity index (χ4v) is 3.96. The third-order valence-corrected chi connectivity index (χ3v) is 5.51. The summed E-state index contributed by atoms with van der Waals surface area (Å²) in [7, 11) is 3.16. The van der Waals surface area contributed by atoms with Gasteiger partial charge in [-0.3, -0.25) is 18.7 Å². The predicted octanol–water partition coefficient (Wildman–Crippen LogP) is 0.703. The van der Waals surface area contributed by atoms with Crippen molar-refractivity contribution in [3.05, 3.63) is 26.9 Å². The maximum Gasteiger partial charge on any atom is 0.332 e. The lowest BCUT2D eigenvalue weighted by Crippen LogP contribution is -2.47. The molecule has 0 aliphatic carbocycles. The van der Waals surface area contributed by atoms with Crippen molar-refractivity contribution in [2.24, 2.45) is 20.0 Å². The van der Waals surface area contributed by atoms with Gasteiger partial charge in [0.2, 0.25) is 5.91 Å². The highest BCUT2D eigenvalue weighted by molar-refractivity contribution is 5.79. The van der Waals surface area contributed by atoms with E-state index in [2.05, 4.69) is 0 Å². The maximum absolute atomic E-state index is 12.9. The zero-order chi connectivity index (χ0) is 18.0. The molecule has 2 aliphatic heterocycles. The van der Waals surface area contributed by atoms with Gasteiger partial charge in [-0.1, -0.05) is 12.8 Å². The Hall–Kier alpha value is -2.05. The van der Waals surface area contributed by atoms with E-state index in [1.165, 1.54) is 30.5 Å². The third-order valence-electron chi connectivity index (χ3n) is 5.51. The molecule has 1 unspecified atom stereocenters. The molecular formula is C18H28N4O3. The number of carbonyl (C=O) groups is 1. The lowest BCUT2D eigenvalue weighted by molar-refractivity contribution is -0.135. The van der Waals surface area contributed by atoms with E-state index in [0.717, 1.165) is 49.9 Å². The van der Waals surface area contributed by atoms with Gasteiger partial charge in [-0.15, -0.1) is 0 Å². The molecule has 25 heavy (non-hydrogen) atoms. The van der Waals surface area contributed by atoms with Crippen LogP contribution in [0.15, 0.2) is 15.7 Å². The van der Waals surface area contributed by atoms with Crippen LogP contribution in [0.3, 0.4) is 0 Å². The summed E-state index contributed by atoms with van der Waals surface area (Å²) in [6.45, 7) is 3.07. The van der Waals surface area contributed by atoms with E-state index in [1.807, 2.05) is 9.80 Å². The fourth-order valence-electron chi connectivity index (χ4n) is 3.96. The summed E-state index contributed by atoms with van der Waals surface area (Å²) in [5.74, 6) is 0.799. The van der Waals surface area contributed by atoms with Gasteiger partial charge in [0.1, 0.15) is 5.82 Å². The molecule has 7 nitrogen and oxygen atoms in total. The van der Waals surface area contributed by atoms with Crippen LogP contribution in [0.2, 0.25) is 0 Å². The van der Waals surface area contributed by atoms with Crippen molar-refractivity contribution in [3.63, 3.8) is 0 Å². The second-order valence-corrected chi connectivity index (χ2v) is 7.27. The molecular weight excluding hydrogens is 320 g/mol. The molecule has 1 atom stereocenters. The number of nitrogens with zero attached hydrogens (tertiary/aromatic N) is 4. The van der Waals surface area contributed by atoms with E-state index < -0.39 is 0 Å². The zero-order valence-corrected chi connectivity index (χ0v) is 15.2. The van der Waals surface area contributed by atoms with Gasteiger partial charge >= 0.3 is 5.69 Å². The quantitative estimate of drug-likeness (QED) is 0.789. The third kappa shape index (κ3) is 3.65. The molecule has 0 spiro atoms. The minimum atomic E-state index is -0.330. The molecule has 1 amide bonds. The van der Waals surface area contributed by atoms with Gasteiger partial charge in [0.05, 0.1) is 5.92 Å². The number of hydrogen-bond donors (Lipinski definition) is 0. The summed E-state index contributed by atoms with van der Waals surface area (Å²) >= 11 is 0. The lowest BCUT2D eigenvalue weighted by Gasteiger charge is -2.36. The average Bonchev–Trinajstić information content (AvgIpc) is 2.92. The minimum Gasteiger partial charge on any atom is -0.357 e. The number of carbonyl (C=O) groups excluding carboxylic acids is 1. The molecule has 3 rings (SSSR count). The Bertz CT molecular complexity index is 744. The van der Waals surface area contributed by atoms with Crippen molar-refractivity contribution >= 4 is 11.7 Å². The first-order valence-electron chi connectivity index (χ1n) is 9.30. The first-order valence-corrected chi connectivity index (χ1v) is 9.30. The van der Waals surface area contributed by atoms with Gasteiger partial charge in [0, 0.05) is 46.3 Å². The Morgan fingerprint density at radius 3 is 2.32 bits per heavy atom. The zero-order valence-electron chi connectivity index (χ0n) is 15.2. The summed E-state index contributed by atoms with van der Waals surface area (Å²) in [5, 5.41) is 0. The Kier molecular flexibility index (Phi) is 5.30. The van der Waals surface area contributed by atoms with Crippen LogP contribution in [0, 0.1) is 5.92 Å². The summed E-state index contributed by atoms with van der Waals surface area (Å²) < 4.78 is 2.60. The second-order valence-electron chi connectivity index (χ2n) is 7.27. The number of likely N-dealkylation sites (tertiary alicyclic amines) is 1. The van der Waals surface area contributed by atoms with E-state index in [1.54, 1.807) is 7.05 Å². The Labute approximate surface area is 147 Å². The highest BCUT2D eigenvalue weighted by Gasteiger charge is 2.30. The second kappa shape index (κ2) is 7.45. The largest absolute Gasteiger partial charge is 0.357 e. The van der Waals surface area contributed by atoms with Crippen molar-refractivity contribution < 1.29 is 4.79 Å². The highest BCUT2D eigenvalue weighted by Crippen LogP contribution is 2.24. The Morgan fingerprint density at radius 1 is 0.960 bits per heavy atom. The molecule has 0 N–H and O–H groups in total. The molecule has 7 heteroatoms. The number of aromatic nitrogens is 2. The van der Waals surface area contributed by atoms with Crippen LogP contribution in [0.25, 0.3) is 0 Å². The van der Waals surface area contributed by atoms with Gasteiger partial charge in [0.15, 0.2) is 0 Å². The monoisotopic (exact) mass is 348 g/mol. The molecule has 0 bridgehead atoms. The molecule has 138 valence electrons. The number of hydrogen-bond acceptors (Lipinski definition) is 4. The van der Waals surface area contributed by atoms with Crippen LogP contribution in [0.5, 0.6) is 0 Å². The number of anilines is 1. The van der Waals surface area contributed by atoms with Crippen LogP contribution < -0.4 is 16.1 Å². The topological polar surface area (TPSA) is 67.6 Å². The molecule has 0 aromatic carbocycles. The minimum absolute atomic E-state index is 0.0500. The molecule has 2 fully saturated rings. The molecule has 2 aliphatic rings. The van der Waals surface area contributed by atoms with Crippen molar-refractivity contribution in [2.75, 3.05) is 31.1 Å². The SMILES string of the molecule is Cn1c(N2CCCC(C(=O)N3CCCCCC3)C2)cc(=O)n(C)c1=O. The number of rotatable bonds is 2. The highest BCUT2D eigenvalue weighted by atomic mass is 16.2. The lowest BCUT2D eigenvalue weighted by atomic mass is 9.96. The molecule has 0 radical (unpaired) electrons. The van der Waals surface area contributed by atoms with Gasteiger partial charge < -0.3 is 9.80 Å². The van der Waals surface area contributed by atoms with Gasteiger partial charge in [0.25, 0.3) is 5.56 Å². The van der Waals surface area contributed by atoms with Crippen molar-refractivity contribution in [2.45, 2.75) is 38.5 Å². The predicted molar refractivity (Wildman–Crippen MR) is 96.9 cm³/mol. The molecule has 3 heterocycles. The maximum atomic E-state index is 12.9. The van der Waals surface area contributed by atoms with Crippen molar-refractivity contribution in [1.29, 1.82) is 0 Å². The molecule has 2 saturated heterocycles. The first kappa shape index (κ1) is 17.8. The summed E-state index contributed by atoms with van der Waals surface area (Å²) in [6, 6.07) is 1.50. The van der Waals surface area contributed by atoms with Crippen LogP contribution in [0.4, 0.5) is 5.82 Å². The normalized spacial score (nSPS) is 21.9. The van der Waals surface area contributed by atoms with Crippen molar-refractivity contribution in [1.82, 2.24) is 14.0 Å². The smallest absolute Gasteiger partial charge is 0.332 e. The van der Waals surface area contributed by atoms with Crippen LogP contribution >= 0.6 is 0 Å². The molecule has 1 aromatic heterocycles. The van der Waals surface area contributed by atoms with E-state index in [-0.39, 0.29) is 23.1 Å². The summed E-state index contributed by atoms with van der Waals surface area (Å²) in [6.07, 6.45) is 6.36. The van der Waals surface area contributed by atoms with E-state index in [0.29, 0.717) is 12.4 Å². The van der Waals surface area contributed by atoms with Crippen LogP contribution in [-0.4, -0.2) is 46.1 Å². The Morgan fingerprint density at radius 2 is 1.64 bits per heavy atom.